The van der Waals surface area contributed by atoms with Crippen LogP contribution in [0, 0.1) is 13.8 Å². The fourth-order valence-electron chi connectivity index (χ4n) is 3.40. The minimum absolute atomic E-state index is 0.0999. The number of nitrogens with zero attached hydrogens (tertiary/aromatic N) is 2. The molecule has 0 aromatic carbocycles. The van der Waals surface area contributed by atoms with Crippen molar-refractivity contribution in [1.82, 2.24) is 9.88 Å². The van der Waals surface area contributed by atoms with Gasteiger partial charge in [0, 0.05) is 11.1 Å². The van der Waals surface area contributed by atoms with Gasteiger partial charge in [-0.3, -0.25) is 9.69 Å². The van der Waals surface area contributed by atoms with E-state index in [1.807, 2.05) is 19.9 Å². The number of piperidine rings is 1. The number of nitrogens with one attached hydrogen (secondary N) is 1. The Morgan fingerprint density at radius 3 is 2.69 bits per heavy atom. The van der Waals surface area contributed by atoms with E-state index in [0.717, 1.165) is 47.4 Å². The van der Waals surface area contributed by atoms with E-state index >= 15 is 0 Å². The molecule has 0 bridgehead atoms. The van der Waals surface area contributed by atoms with Gasteiger partial charge in [0.05, 0.1) is 18.8 Å². The predicted molar refractivity (Wildman–Crippen MR) is 104 cm³/mol. The standard InChI is InChI=1S/C19H25N3O3S/c1-4-25-19(24)17-16(15-12(2)10-13(3)20-18(15)26-17)21-14(23)11-22-8-6-5-7-9-22/h10H,4-9,11H2,1-3H3,(H,21,23). The maximum absolute atomic E-state index is 12.6. The first kappa shape index (κ1) is 18.8. The van der Waals surface area contributed by atoms with Crippen molar-refractivity contribution in [2.45, 2.75) is 40.0 Å². The monoisotopic (exact) mass is 375 g/mol. The smallest absolute Gasteiger partial charge is 0.350 e. The molecule has 0 atom stereocenters. The zero-order valence-corrected chi connectivity index (χ0v) is 16.4. The van der Waals surface area contributed by atoms with Crippen LogP contribution in [0.5, 0.6) is 0 Å². The first-order valence-corrected chi connectivity index (χ1v) is 9.91. The Labute approximate surface area is 157 Å². The van der Waals surface area contributed by atoms with Gasteiger partial charge in [0.1, 0.15) is 9.71 Å². The molecule has 2 aromatic heterocycles. The topological polar surface area (TPSA) is 71.5 Å². The highest BCUT2D eigenvalue weighted by Gasteiger charge is 2.24. The lowest BCUT2D eigenvalue weighted by Crippen LogP contribution is -2.37. The van der Waals surface area contributed by atoms with Gasteiger partial charge in [-0.1, -0.05) is 6.42 Å². The molecule has 3 heterocycles. The minimum Gasteiger partial charge on any atom is -0.462 e. The van der Waals surface area contributed by atoms with Gasteiger partial charge in [0.2, 0.25) is 5.91 Å². The number of ether oxygens (including phenoxy) is 1. The van der Waals surface area contributed by atoms with Crippen LogP contribution in [-0.4, -0.2) is 48.0 Å². The molecule has 1 aliphatic heterocycles. The molecule has 0 aliphatic carbocycles. The lowest BCUT2D eigenvalue weighted by atomic mass is 10.1. The second-order valence-electron chi connectivity index (χ2n) is 6.67. The van der Waals surface area contributed by atoms with Crippen molar-refractivity contribution in [2.24, 2.45) is 0 Å². The quantitative estimate of drug-likeness (QED) is 0.810. The van der Waals surface area contributed by atoms with Crippen LogP contribution in [0.4, 0.5) is 5.69 Å². The highest BCUT2D eigenvalue weighted by molar-refractivity contribution is 7.21. The lowest BCUT2D eigenvalue weighted by Gasteiger charge is -2.25. The number of carbonyl (C=O) groups excluding carboxylic acids is 2. The van der Waals surface area contributed by atoms with Crippen molar-refractivity contribution in [3.8, 4) is 0 Å². The Kier molecular flexibility index (Phi) is 5.88. The van der Waals surface area contributed by atoms with Crippen LogP contribution in [0.25, 0.3) is 10.2 Å². The van der Waals surface area contributed by atoms with Gasteiger partial charge in [-0.2, -0.15) is 0 Å². The molecule has 2 aromatic rings. The molecule has 0 saturated carbocycles. The number of fused-ring (bicyclic) bond motifs is 1. The number of pyridine rings is 1. The van der Waals surface area contributed by atoms with E-state index in [1.54, 1.807) is 6.92 Å². The van der Waals surface area contributed by atoms with E-state index in [0.29, 0.717) is 23.7 Å². The molecule has 6 nitrogen and oxygen atoms in total. The SMILES string of the molecule is CCOC(=O)c1sc2nc(C)cc(C)c2c1NC(=O)CN1CCCCC1. The zero-order chi connectivity index (χ0) is 18.7. The van der Waals surface area contributed by atoms with E-state index in [9.17, 15) is 9.59 Å². The molecule has 1 saturated heterocycles. The van der Waals surface area contributed by atoms with Gasteiger partial charge in [-0.15, -0.1) is 11.3 Å². The second-order valence-corrected chi connectivity index (χ2v) is 7.67. The summed E-state index contributed by atoms with van der Waals surface area (Å²) >= 11 is 1.27. The summed E-state index contributed by atoms with van der Waals surface area (Å²) in [7, 11) is 0. The highest BCUT2D eigenvalue weighted by Crippen LogP contribution is 2.37. The summed E-state index contributed by atoms with van der Waals surface area (Å²) < 4.78 is 5.18. The number of thiophene rings is 1. The van der Waals surface area contributed by atoms with Gasteiger partial charge < -0.3 is 10.1 Å². The van der Waals surface area contributed by atoms with Crippen molar-refractivity contribution < 1.29 is 14.3 Å². The van der Waals surface area contributed by atoms with Crippen LogP contribution in [-0.2, 0) is 9.53 Å². The summed E-state index contributed by atoms with van der Waals surface area (Å²) in [5.41, 5.74) is 2.42. The number of rotatable bonds is 5. The Balaban J connectivity index is 1.92. The average Bonchev–Trinajstić information content (AvgIpc) is 2.94. The Morgan fingerprint density at radius 1 is 1.27 bits per heavy atom. The van der Waals surface area contributed by atoms with Gasteiger partial charge in [-0.05, 0) is 58.3 Å². The molecule has 1 aliphatic rings. The van der Waals surface area contributed by atoms with Crippen LogP contribution >= 0.6 is 11.3 Å². The van der Waals surface area contributed by atoms with Gasteiger partial charge in [-0.25, -0.2) is 9.78 Å². The summed E-state index contributed by atoms with van der Waals surface area (Å²) in [4.78, 5) is 32.9. The van der Waals surface area contributed by atoms with Crippen molar-refractivity contribution in [3.63, 3.8) is 0 Å². The number of likely N-dealkylation sites (tertiary alicyclic amines) is 1. The molecule has 0 unspecified atom stereocenters. The molecule has 7 heteroatoms. The third-order valence-electron chi connectivity index (χ3n) is 4.53. The van der Waals surface area contributed by atoms with Crippen LogP contribution in [0.15, 0.2) is 6.07 Å². The van der Waals surface area contributed by atoms with E-state index in [1.165, 1.54) is 17.8 Å². The fraction of sp³-hybridized carbons (Fsp3) is 0.526. The number of amides is 1. The summed E-state index contributed by atoms with van der Waals surface area (Å²) in [6.07, 6.45) is 3.49. The van der Waals surface area contributed by atoms with Gasteiger partial charge in [0.25, 0.3) is 0 Å². The largest absolute Gasteiger partial charge is 0.462 e. The number of carbonyl (C=O) groups is 2. The molecular formula is C19H25N3O3S. The molecule has 1 amide bonds. The summed E-state index contributed by atoms with van der Waals surface area (Å²) in [5, 5.41) is 3.80. The van der Waals surface area contributed by atoms with Crippen LogP contribution in [0.2, 0.25) is 0 Å². The Hall–Kier alpha value is -1.99. The Bertz CT molecular complexity index is 825. The fourth-order valence-corrected chi connectivity index (χ4v) is 4.55. The molecule has 3 rings (SSSR count). The normalized spacial score (nSPS) is 15.2. The van der Waals surface area contributed by atoms with Crippen LogP contribution < -0.4 is 5.32 Å². The average molecular weight is 375 g/mol. The van der Waals surface area contributed by atoms with Gasteiger partial charge in [0.15, 0.2) is 0 Å². The maximum atomic E-state index is 12.6. The van der Waals surface area contributed by atoms with E-state index < -0.39 is 5.97 Å². The molecule has 0 spiro atoms. The lowest BCUT2D eigenvalue weighted by molar-refractivity contribution is -0.117. The third-order valence-corrected chi connectivity index (χ3v) is 5.59. The summed E-state index contributed by atoms with van der Waals surface area (Å²) in [6, 6.07) is 1.96. The highest BCUT2D eigenvalue weighted by atomic mass is 32.1. The zero-order valence-electron chi connectivity index (χ0n) is 15.6. The summed E-state index contributed by atoms with van der Waals surface area (Å²) in [5.74, 6) is -0.516. The van der Waals surface area contributed by atoms with Crippen LogP contribution in [0.3, 0.4) is 0 Å². The second kappa shape index (κ2) is 8.14. The number of hydrogen-bond acceptors (Lipinski definition) is 6. The minimum atomic E-state index is -0.416. The van der Waals surface area contributed by atoms with E-state index in [4.69, 9.17) is 4.74 Å². The van der Waals surface area contributed by atoms with Crippen molar-refractivity contribution >= 4 is 39.1 Å². The number of aryl methyl sites for hydroxylation is 2. The van der Waals surface area contributed by atoms with Gasteiger partial charge >= 0.3 is 5.97 Å². The van der Waals surface area contributed by atoms with Crippen molar-refractivity contribution in [3.05, 3.63) is 22.2 Å². The molecule has 0 radical (unpaired) electrons. The van der Waals surface area contributed by atoms with Crippen molar-refractivity contribution in [1.29, 1.82) is 0 Å². The first-order valence-electron chi connectivity index (χ1n) is 9.09. The number of esters is 1. The number of hydrogen-bond donors (Lipinski definition) is 1. The van der Waals surface area contributed by atoms with E-state index in [2.05, 4.69) is 15.2 Å². The first-order chi connectivity index (χ1) is 12.5. The molecular weight excluding hydrogens is 350 g/mol. The predicted octanol–water partition coefficient (Wildman–Crippen LogP) is 3.51. The third kappa shape index (κ3) is 4.04. The molecule has 1 N–H and O–H groups in total. The summed E-state index contributed by atoms with van der Waals surface area (Å²) in [6.45, 7) is 8.19. The molecule has 26 heavy (non-hydrogen) atoms. The van der Waals surface area contributed by atoms with Crippen LogP contribution in [0.1, 0.15) is 47.1 Å². The number of anilines is 1. The van der Waals surface area contributed by atoms with Crippen molar-refractivity contribution in [2.75, 3.05) is 31.6 Å². The van der Waals surface area contributed by atoms with E-state index in [-0.39, 0.29) is 5.91 Å². The molecule has 140 valence electrons. The maximum Gasteiger partial charge on any atom is 0.350 e. The Morgan fingerprint density at radius 2 is 2.00 bits per heavy atom. The number of aromatic nitrogens is 1. The molecule has 1 fully saturated rings.